The largest absolute Gasteiger partial charge is 0.469 e. The lowest BCUT2D eigenvalue weighted by atomic mass is 9.72. The number of nitrogens with two attached hydrogens (primary N) is 1. The molecule has 4 bridgehead atoms. The van der Waals surface area contributed by atoms with Crippen LogP contribution in [0.15, 0.2) is 81.8 Å². The zero-order chi connectivity index (χ0) is 35.7. The number of carbonyl (C=O) groups excluding carboxylic acids is 3. The summed E-state index contributed by atoms with van der Waals surface area (Å²) >= 11 is 0. The third kappa shape index (κ3) is 5.34. The van der Waals surface area contributed by atoms with Gasteiger partial charge in [-0.05, 0) is 40.8 Å². The molecule has 0 saturated heterocycles. The van der Waals surface area contributed by atoms with E-state index in [1.165, 1.54) is 12.1 Å². The van der Waals surface area contributed by atoms with Crippen molar-refractivity contribution in [3.63, 3.8) is 0 Å². The molecule has 3 aliphatic rings. The summed E-state index contributed by atoms with van der Waals surface area (Å²) < 4.78 is 39.7. The summed E-state index contributed by atoms with van der Waals surface area (Å²) in [4.78, 5) is 48.5. The number of nitrogens with zero attached hydrogens (tertiary/aromatic N) is 2. The van der Waals surface area contributed by atoms with Crippen molar-refractivity contribution in [1.29, 1.82) is 0 Å². The Balaban J connectivity index is 1.31. The van der Waals surface area contributed by atoms with Gasteiger partial charge in [0.1, 0.15) is 41.9 Å². The molecule has 0 saturated carbocycles. The molecule has 1 spiro atoms. The van der Waals surface area contributed by atoms with E-state index < -0.39 is 52.9 Å². The number of benzene rings is 3. The Morgan fingerprint density at radius 3 is 2.61 bits per heavy atom. The molecule has 8 rings (SSSR count). The minimum Gasteiger partial charge on any atom is -0.469 e. The Morgan fingerprint density at radius 2 is 1.86 bits per heavy atom. The first kappa shape index (κ1) is 32.0. The summed E-state index contributed by atoms with van der Waals surface area (Å²) in [5.74, 6) is -1.16. The number of hydrogen-bond donors (Lipinski definition) is 4. The van der Waals surface area contributed by atoms with Gasteiger partial charge in [0.2, 0.25) is 17.7 Å². The Hall–Kier alpha value is -6.18. The molecule has 5 N–H and O–H groups in total. The molecule has 5 aromatic rings. The normalized spacial score (nSPS) is 21.6. The number of hydrogen-bond acceptors (Lipinski definition) is 10. The fourth-order valence-corrected chi connectivity index (χ4v) is 6.98. The van der Waals surface area contributed by atoms with Gasteiger partial charge in [-0.3, -0.25) is 9.59 Å². The highest BCUT2D eigenvalue weighted by atomic mass is 19.1. The summed E-state index contributed by atoms with van der Waals surface area (Å²) in [5, 5.41) is 9.16. The van der Waals surface area contributed by atoms with Crippen molar-refractivity contribution < 1.29 is 37.1 Å². The molecule has 5 heterocycles. The number of carbonyl (C=O) groups is 3. The summed E-state index contributed by atoms with van der Waals surface area (Å²) in [7, 11) is 0. The minimum atomic E-state index is -1.35. The maximum Gasteiger partial charge on any atom is 0.408 e. The molecular formula is C37H33FN6O7. The Labute approximate surface area is 290 Å². The average Bonchev–Trinajstić information content (AvgIpc) is 3.87. The van der Waals surface area contributed by atoms with E-state index in [0.29, 0.717) is 28.1 Å². The van der Waals surface area contributed by atoms with E-state index in [1.807, 2.05) is 57.2 Å². The second-order valence-corrected chi connectivity index (χ2v) is 13.9. The summed E-state index contributed by atoms with van der Waals surface area (Å²) in [6.45, 7) is 5.68. The number of aromatic nitrogens is 2. The average molecular weight is 693 g/mol. The third-order valence-corrected chi connectivity index (χ3v) is 9.42. The molecule has 2 aromatic heterocycles. The molecule has 0 aliphatic carbocycles. The van der Waals surface area contributed by atoms with Crippen LogP contribution >= 0.6 is 0 Å². The highest BCUT2D eigenvalue weighted by Crippen LogP contribution is 2.59. The van der Waals surface area contributed by atoms with Crippen LogP contribution in [0.4, 0.5) is 14.9 Å². The van der Waals surface area contributed by atoms with Crippen LogP contribution in [-0.2, 0) is 28.0 Å². The number of rotatable bonds is 5. The van der Waals surface area contributed by atoms with Crippen molar-refractivity contribution in [3.8, 4) is 17.3 Å². The molecule has 14 heteroatoms. The summed E-state index contributed by atoms with van der Waals surface area (Å²) in [6.07, 6.45) is -0.426. The molecule has 4 atom stereocenters. The van der Waals surface area contributed by atoms with Gasteiger partial charge in [-0.1, -0.05) is 63.2 Å². The predicted octanol–water partition coefficient (Wildman–Crippen LogP) is 5.10. The first-order valence-corrected chi connectivity index (χ1v) is 16.3. The van der Waals surface area contributed by atoms with E-state index in [0.717, 1.165) is 11.8 Å². The number of alkyl carbamates (subject to hydrolysis) is 1. The topological polar surface area (TPSA) is 184 Å². The number of nitrogens with one attached hydrogen (secondary N) is 3. The Morgan fingerprint density at radius 1 is 1.06 bits per heavy atom. The quantitative estimate of drug-likeness (QED) is 0.193. The maximum atomic E-state index is 15.2. The Bertz CT molecular complexity index is 2210. The first-order valence-electron chi connectivity index (χ1n) is 16.3. The zero-order valence-electron chi connectivity index (χ0n) is 27.8. The number of halogens is 1. The minimum absolute atomic E-state index is 0.00877. The van der Waals surface area contributed by atoms with Crippen LogP contribution < -0.4 is 26.4 Å². The fraction of sp³-hybridized carbons (Fsp3) is 0.270. The molecule has 0 radical (unpaired) electrons. The lowest BCUT2D eigenvalue weighted by Gasteiger charge is -2.32. The Kier molecular flexibility index (Phi) is 7.36. The van der Waals surface area contributed by atoms with E-state index in [9.17, 15) is 14.4 Å². The van der Waals surface area contributed by atoms with Crippen molar-refractivity contribution in [1.82, 2.24) is 20.6 Å². The van der Waals surface area contributed by atoms with Gasteiger partial charge < -0.3 is 40.0 Å². The van der Waals surface area contributed by atoms with Crippen LogP contribution in [0.25, 0.3) is 11.6 Å². The van der Waals surface area contributed by atoms with Crippen molar-refractivity contribution in [2.24, 2.45) is 11.1 Å². The lowest BCUT2D eigenvalue weighted by molar-refractivity contribution is -0.124. The third-order valence-electron chi connectivity index (χ3n) is 9.42. The fourth-order valence-electron chi connectivity index (χ4n) is 6.98. The van der Waals surface area contributed by atoms with Crippen LogP contribution in [0.5, 0.6) is 5.75 Å². The van der Waals surface area contributed by atoms with Crippen molar-refractivity contribution in [2.75, 3.05) is 5.32 Å². The van der Waals surface area contributed by atoms with Crippen LogP contribution in [-0.4, -0.2) is 40.1 Å². The number of amides is 3. The monoisotopic (exact) mass is 692 g/mol. The van der Waals surface area contributed by atoms with Crippen LogP contribution in [0.1, 0.15) is 71.2 Å². The number of primary amides is 1. The van der Waals surface area contributed by atoms with E-state index in [-0.39, 0.29) is 42.0 Å². The molecular weight excluding hydrogens is 659 g/mol. The highest BCUT2D eigenvalue weighted by molar-refractivity contribution is 5.91. The number of ether oxygens (including phenoxy) is 2. The van der Waals surface area contributed by atoms with E-state index in [1.54, 1.807) is 18.2 Å². The molecule has 3 aliphatic heterocycles. The van der Waals surface area contributed by atoms with Gasteiger partial charge in [-0.25, -0.2) is 19.2 Å². The number of oxazole rings is 2. The van der Waals surface area contributed by atoms with E-state index in [4.69, 9.17) is 29.0 Å². The van der Waals surface area contributed by atoms with E-state index >= 15 is 4.39 Å². The van der Waals surface area contributed by atoms with Gasteiger partial charge in [0.15, 0.2) is 23.4 Å². The predicted molar refractivity (Wildman–Crippen MR) is 179 cm³/mol. The molecule has 51 heavy (non-hydrogen) atoms. The first-order chi connectivity index (χ1) is 24.4. The smallest absolute Gasteiger partial charge is 0.408 e. The second-order valence-electron chi connectivity index (χ2n) is 13.9. The molecule has 3 amide bonds. The van der Waals surface area contributed by atoms with Gasteiger partial charge in [0.25, 0.3) is 5.91 Å². The summed E-state index contributed by atoms with van der Waals surface area (Å²) in [6, 6.07) is 17.0. The van der Waals surface area contributed by atoms with Gasteiger partial charge >= 0.3 is 6.09 Å². The van der Waals surface area contributed by atoms with Crippen LogP contribution in [0, 0.1) is 11.2 Å². The SMILES string of the molecule is CC(C)(C)[C@@H]1NC(=O)[C@@H](NC(=O)OCc2ccccc2)Cc2ccc3c(c2)[C@@]2(c4cc(F)ccc4N[C@@H]2O3)c2oc1nc2-c1nc(C(N)=O)co1. The standard InChI is InChI=1S/C37H33FN6O7/c1-36(2,3)28-33-43-27(32-40-25(17-48-32)30(39)45)29(51-33)37-21-15-20(38)10-11-23(21)41-34(37)50-26-12-9-19(13-22(26)37)14-24(31(46)44-28)42-35(47)49-16-18-7-5-4-6-8-18/h4-13,15,17,24,28,34,41H,14,16H2,1-3H3,(H2,39,45)(H,42,47)(H,44,46)/t24-,28+,34+,37-/m0/s1. The van der Waals surface area contributed by atoms with E-state index in [2.05, 4.69) is 20.9 Å². The molecule has 3 aromatic carbocycles. The molecule has 260 valence electrons. The molecule has 13 nitrogen and oxygen atoms in total. The lowest BCUT2D eigenvalue weighted by Crippen LogP contribution is -2.50. The van der Waals surface area contributed by atoms with Crippen molar-refractivity contribution in [3.05, 3.63) is 118 Å². The molecule has 0 unspecified atom stereocenters. The van der Waals surface area contributed by atoms with Crippen molar-refractivity contribution >= 4 is 23.6 Å². The second kappa shape index (κ2) is 11.7. The van der Waals surface area contributed by atoms with Crippen LogP contribution in [0.3, 0.4) is 0 Å². The number of anilines is 1. The van der Waals surface area contributed by atoms with Gasteiger partial charge in [-0.2, -0.15) is 0 Å². The van der Waals surface area contributed by atoms with Gasteiger partial charge in [-0.15, -0.1) is 0 Å². The van der Waals surface area contributed by atoms with Gasteiger partial charge in [0.05, 0.1) is 0 Å². The number of fused-ring (bicyclic) bond motifs is 4. The van der Waals surface area contributed by atoms with Crippen molar-refractivity contribution in [2.45, 2.75) is 57.5 Å². The highest BCUT2D eigenvalue weighted by Gasteiger charge is 2.61. The van der Waals surface area contributed by atoms with Gasteiger partial charge in [0, 0.05) is 23.2 Å². The maximum absolute atomic E-state index is 15.2. The summed E-state index contributed by atoms with van der Waals surface area (Å²) in [5.41, 5.74) is 6.56. The zero-order valence-corrected chi connectivity index (χ0v) is 27.8. The van der Waals surface area contributed by atoms with Crippen LogP contribution in [0.2, 0.25) is 0 Å². The molecule has 0 fully saturated rings.